The van der Waals surface area contributed by atoms with E-state index in [0.717, 1.165) is 11.6 Å². The van der Waals surface area contributed by atoms with Gasteiger partial charge in [0, 0.05) is 23.4 Å². The van der Waals surface area contributed by atoms with Gasteiger partial charge in [-0.15, -0.1) is 0 Å². The van der Waals surface area contributed by atoms with E-state index >= 15 is 0 Å². The molecule has 4 nitrogen and oxygen atoms in total. The quantitative estimate of drug-likeness (QED) is 0.839. The van der Waals surface area contributed by atoms with Crippen molar-refractivity contribution in [3.63, 3.8) is 0 Å². The molecule has 0 saturated heterocycles. The number of nitrogens with one attached hydrogen (secondary N) is 1. The Morgan fingerprint density at radius 2 is 1.92 bits per heavy atom. The van der Waals surface area contributed by atoms with E-state index in [2.05, 4.69) is 5.32 Å². The van der Waals surface area contributed by atoms with Crippen molar-refractivity contribution in [1.29, 1.82) is 0 Å². The van der Waals surface area contributed by atoms with E-state index in [4.69, 9.17) is 5.73 Å². The Bertz CT molecular complexity index is 786. The Morgan fingerprint density at radius 3 is 2.50 bits per heavy atom. The lowest BCUT2D eigenvalue weighted by Crippen LogP contribution is -2.17. The summed E-state index contributed by atoms with van der Waals surface area (Å²) >= 11 is 0. The van der Waals surface area contributed by atoms with E-state index in [9.17, 15) is 22.8 Å². The third-order valence-corrected chi connectivity index (χ3v) is 3.56. The van der Waals surface area contributed by atoms with Crippen molar-refractivity contribution in [3.05, 3.63) is 64.2 Å². The highest BCUT2D eigenvalue weighted by Gasteiger charge is 2.33. The number of carbonyl (C=O) groups excluding carboxylic acids is 2. The zero-order valence-corrected chi connectivity index (χ0v) is 12.8. The molecule has 0 aromatic heterocycles. The van der Waals surface area contributed by atoms with Gasteiger partial charge in [-0.25, -0.2) is 0 Å². The Balaban J connectivity index is 2.32. The van der Waals surface area contributed by atoms with Gasteiger partial charge in [0.1, 0.15) is 6.29 Å². The number of nitrogens with two attached hydrogens (primary N) is 1. The SMILES string of the molecule is Cc1ccc(NC(=O)c2ccc(CN)c(C(F)(F)F)c2)cc1C=O. The summed E-state index contributed by atoms with van der Waals surface area (Å²) in [5.41, 5.74) is 5.59. The van der Waals surface area contributed by atoms with Crippen LogP contribution in [0.3, 0.4) is 0 Å². The lowest BCUT2D eigenvalue weighted by atomic mass is 10.0. The van der Waals surface area contributed by atoms with Gasteiger partial charge in [-0.05, 0) is 42.3 Å². The second-order valence-corrected chi connectivity index (χ2v) is 5.22. The van der Waals surface area contributed by atoms with Crippen LogP contribution in [0.15, 0.2) is 36.4 Å². The minimum absolute atomic E-state index is 0.0855. The summed E-state index contributed by atoms with van der Waals surface area (Å²) in [5.74, 6) is -0.704. The van der Waals surface area contributed by atoms with Crippen molar-refractivity contribution in [2.75, 3.05) is 5.32 Å². The molecule has 0 aliphatic rings. The van der Waals surface area contributed by atoms with Crippen LogP contribution in [0.4, 0.5) is 18.9 Å². The van der Waals surface area contributed by atoms with Crippen molar-refractivity contribution in [3.8, 4) is 0 Å². The van der Waals surface area contributed by atoms with Crippen LogP contribution >= 0.6 is 0 Å². The molecular formula is C17H15F3N2O2. The summed E-state index contributed by atoms with van der Waals surface area (Å²) in [6.07, 6.45) is -3.96. The average Bonchev–Trinajstić information content (AvgIpc) is 2.55. The number of amides is 1. The number of hydrogen-bond donors (Lipinski definition) is 2. The van der Waals surface area contributed by atoms with Gasteiger partial charge in [0.05, 0.1) is 5.56 Å². The summed E-state index contributed by atoms with van der Waals surface area (Å²) < 4.78 is 39.1. The molecule has 2 aromatic rings. The Morgan fingerprint density at radius 1 is 1.21 bits per heavy atom. The van der Waals surface area contributed by atoms with Gasteiger partial charge in [0.2, 0.25) is 0 Å². The van der Waals surface area contributed by atoms with Crippen molar-refractivity contribution >= 4 is 17.9 Å². The van der Waals surface area contributed by atoms with E-state index < -0.39 is 17.6 Å². The normalized spacial score (nSPS) is 11.2. The van der Waals surface area contributed by atoms with Crippen LogP contribution in [0.1, 0.15) is 37.4 Å². The first-order valence-electron chi connectivity index (χ1n) is 7.03. The number of aryl methyl sites for hydroxylation is 1. The lowest BCUT2D eigenvalue weighted by Gasteiger charge is -2.13. The van der Waals surface area contributed by atoms with E-state index in [0.29, 0.717) is 17.5 Å². The summed E-state index contributed by atoms with van der Waals surface area (Å²) in [5, 5.41) is 2.48. The number of anilines is 1. The zero-order valence-electron chi connectivity index (χ0n) is 12.8. The minimum atomic E-state index is -4.60. The Kier molecular flexibility index (Phi) is 5.04. The van der Waals surface area contributed by atoms with Crippen LogP contribution in [0.2, 0.25) is 0 Å². The summed E-state index contributed by atoms with van der Waals surface area (Å²) in [7, 11) is 0. The molecule has 7 heteroatoms. The van der Waals surface area contributed by atoms with Crippen molar-refractivity contribution in [1.82, 2.24) is 0 Å². The topological polar surface area (TPSA) is 72.2 Å². The van der Waals surface area contributed by atoms with Gasteiger partial charge in [0.25, 0.3) is 5.91 Å². The maximum absolute atomic E-state index is 13.0. The van der Waals surface area contributed by atoms with E-state index in [1.165, 1.54) is 18.2 Å². The van der Waals surface area contributed by atoms with Gasteiger partial charge in [-0.3, -0.25) is 9.59 Å². The van der Waals surface area contributed by atoms with E-state index in [1.807, 2.05) is 0 Å². The Labute approximate surface area is 136 Å². The molecule has 0 saturated carbocycles. The first kappa shape index (κ1) is 17.7. The largest absolute Gasteiger partial charge is 0.416 e. The van der Waals surface area contributed by atoms with Crippen LogP contribution in [0.5, 0.6) is 0 Å². The fraction of sp³-hybridized carbons (Fsp3) is 0.176. The monoisotopic (exact) mass is 336 g/mol. The number of aldehydes is 1. The molecule has 0 aliphatic heterocycles. The highest BCUT2D eigenvalue weighted by atomic mass is 19.4. The van der Waals surface area contributed by atoms with Gasteiger partial charge in [-0.2, -0.15) is 13.2 Å². The van der Waals surface area contributed by atoms with Gasteiger partial charge in [-0.1, -0.05) is 12.1 Å². The molecule has 0 fully saturated rings. The maximum atomic E-state index is 13.0. The molecular weight excluding hydrogens is 321 g/mol. The van der Waals surface area contributed by atoms with Gasteiger partial charge < -0.3 is 11.1 Å². The molecule has 0 radical (unpaired) electrons. The van der Waals surface area contributed by atoms with Crippen molar-refractivity contribution in [2.45, 2.75) is 19.6 Å². The second-order valence-electron chi connectivity index (χ2n) is 5.22. The number of benzene rings is 2. The number of hydrogen-bond acceptors (Lipinski definition) is 3. The molecule has 2 aromatic carbocycles. The number of halogens is 3. The van der Waals surface area contributed by atoms with Crippen LogP contribution < -0.4 is 11.1 Å². The summed E-state index contributed by atoms with van der Waals surface area (Å²) in [4.78, 5) is 23.1. The fourth-order valence-electron chi connectivity index (χ4n) is 2.21. The molecule has 3 N–H and O–H groups in total. The standard InChI is InChI=1S/C17H15F3N2O2/c1-10-2-5-14(6-13(10)9-23)22-16(24)11-3-4-12(8-21)15(7-11)17(18,19)20/h2-7,9H,8,21H2,1H3,(H,22,24). The lowest BCUT2D eigenvalue weighted by molar-refractivity contribution is -0.138. The first-order valence-corrected chi connectivity index (χ1v) is 7.03. The highest BCUT2D eigenvalue weighted by molar-refractivity contribution is 6.04. The highest BCUT2D eigenvalue weighted by Crippen LogP contribution is 2.32. The van der Waals surface area contributed by atoms with E-state index in [1.54, 1.807) is 19.1 Å². The predicted molar refractivity (Wildman–Crippen MR) is 83.9 cm³/mol. The van der Waals surface area contributed by atoms with E-state index in [-0.39, 0.29) is 17.7 Å². The van der Waals surface area contributed by atoms with Gasteiger partial charge >= 0.3 is 6.18 Å². The van der Waals surface area contributed by atoms with Crippen LogP contribution in [0, 0.1) is 6.92 Å². The van der Waals surface area contributed by atoms with Crippen molar-refractivity contribution in [2.24, 2.45) is 5.73 Å². The molecule has 126 valence electrons. The molecule has 0 spiro atoms. The van der Waals surface area contributed by atoms with Gasteiger partial charge in [0.15, 0.2) is 0 Å². The average molecular weight is 336 g/mol. The number of alkyl halides is 3. The second kappa shape index (κ2) is 6.84. The minimum Gasteiger partial charge on any atom is -0.326 e. The smallest absolute Gasteiger partial charge is 0.326 e. The summed E-state index contributed by atoms with van der Waals surface area (Å²) in [6, 6.07) is 7.90. The molecule has 0 unspecified atom stereocenters. The molecule has 1 amide bonds. The van der Waals surface area contributed by atoms with Crippen LogP contribution in [-0.4, -0.2) is 12.2 Å². The molecule has 2 rings (SSSR count). The number of carbonyl (C=O) groups is 2. The van der Waals surface area contributed by atoms with Crippen LogP contribution in [-0.2, 0) is 12.7 Å². The van der Waals surface area contributed by atoms with Crippen molar-refractivity contribution < 1.29 is 22.8 Å². The molecule has 0 atom stereocenters. The first-order chi connectivity index (χ1) is 11.3. The summed E-state index contributed by atoms with van der Waals surface area (Å²) in [6.45, 7) is 1.45. The molecule has 0 aliphatic carbocycles. The third-order valence-electron chi connectivity index (χ3n) is 3.56. The molecule has 24 heavy (non-hydrogen) atoms. The predicted octanol–water partition coefficient (Wildman–Crippen LogP) is 3.54. The Hall–Kier alpha value is -2.67. The number of rotatable bonds is 4. The zero-order chi connectivity index (χ0) is 17.9. The molecule has 0 bridgehead atoms. The maximum Gasteiger partial charge on any atom is 0.416 e. The molecule has 0 heterocycles. The third kappa shape index (κ3) is 3.80. The van der Waals surface area contributed by atoms with Crippen LogP contribution in [0.25, 0.3) is 0 Å². The fourth-order valence-corrected chi connectivity index (χ4v) is 2.21.